The SMILES string of the molecule is NCCN(CCNC(=O)CCC(=O)NCCCCCCNC(=O)/N=C(/N)NCCC[C@@H](NC(=O)C(c1ccccc1)c1ccccc1)C(=O)NCc1ccc(O)cc1)CCNC(=O)CCC(=O)NCCCCCCNC(=O)/N=C(/N)NCCC[C@@H](NC(=O)C(c1ccccc1)c1ccccc1)C(=O)NCc1ccc(O)cc1.O=C(O)C(F)(F)F.O=C(O)C(F)(F)F.O=C(O)C(F)(F)F.O=C(O)C(F)(F)F. The van der Waals surface area contributed by atoms with E-state index in [2.05, 4.69) is 73.8 Å². The van der Waals surface area contributed by atoms with Gasteiger partial charge in [0.15, 0.2) is 11.9 Å². The van der Waals surface area contributed by atoms with E-state index in [1.807, 2.05) is 126 Å². The summed E-state index contributed by atoms with van der Waals surface area (Å²) in [7, 11) is 0. The molecule has 0 aliphatic heterocycles. The molecule has 0 saturated heterocycles. The number of aliphatic carboxylic acids is 4. The summed E-state index contributed by atoms with van der Waals surface area (Å²) >= 11 is 0. The summed E-state index contributed by atoms with van der Waals surface area (Å²) < 4.78 is 127. The van der Waals surface area contributed by atoms with E-state index in [9.17, 15) is 111 Å². The molecule has 0 fully saturated rings. The van der Waals surface area contributed by atoms with E-state index < -0.39 is 96.4 Å². The van der Waals surface area contributed by atoms with Crippen LogP contribution < -0.4 is 81.0 Å². The summed E-state index contributed by atoms with van der Waals surface area (Å²) in [6.45, 7) is 4.90. The maximum Gasteiger partial charge on any atom is 0.490 e. The molecule has 0 spiro atoms. The van der Waals surface area contributed by atoms with Crippen molar-refractivity contribution in [1.29, 1.82) is 0 Å². The number of aliphatic imine (C=N–C) groups is 2. The quantitative estimate of drug-likeness (QED) is 0.00765. The Hall–Kier alpha value is -14.9. The van der Waals surface area contributed by atoms with Crippen molar-refractivity contribution >= 4 is 95.1 Å². The lowest BCUT2D eigenvalue weighted by Crippen LogP contribution is -2.48. The van der Waals surface area contributed by atoms with Crippen molar-refractivity contribution in [2.75, 3.05) is 78.5 Å². The van der Waals surface area contributed by atoms with Crippen LogP contribution in [-0.4, -0.2) is 246 Å². The van der Waals surface area contributed by atoms with Crippen LogP contribution >= 0.6 is 0 Å². The lowest BCUT2D eigenvalue weighted by atomic mass is 9.90. The fourth-order valence-corrected chi connectivity index (χ4v) is 12.0. The molecule has 0 heterocycles. The molecule has 0 aliphatic carbocycles. The number of guanidine groups is 2. The number of phenols is 2. The summed E-state index contributed by atoms with van der Waals surface area (Å²) in [6, 6.07) is 47.1. The monoisotopic (exact) mass is 2000 g/mol. The number of nitrogens with zero attached hydrogens (tertiary/aromatic N) is 3. The van der Waals surface area contributed by atoms with Gasteiger partial charge in [-0.05, 0) is 109 Å². The minimum atomic E-state index is -5.08. The number of rotatable bonds is 50. The molecule has 0 aliphatic rings. The number of halogens is 12. The van der Waals surface area contributed by atoms with Crippen LogP contribution in [0.5, 0.6) is 11.5 Å². The number of phenolic OH excluding ortho intramolecular Hbond substituents is 2. The van der Waals surface area contributed by atoms with Crippen LogP contribution in [0.3, 0.4) is 0 Å². The Bertz CT molecular complexity index is 4430. The van der Waals surface area contributed by atoms with Gasteiger partial charge in [0, 0.05) is 117 Å². The average Bonchev–Trinajstić information content (AvgIpc) is 0.825. The van der Waals surface area contributed by atoms with E-state index in [4.69, 9.17) is 56.8 Å². The van der Waals surface area contributed by atoms with Gasteiger partial charge in [-0.15, -0.1) is 0 Å². The zero-order valence-electron chi connectivity index (χ0n) is 75.7. The number of amides is 12. The van der Waals surface area contributed by atoms with Gasteiger partial charge in [0.2, 0.25) is 47.3 Å². The second kappa shape index (κ2) is 66.6. The molecule has 2 atom stereocenters. The minimum absolute atomic E-state index is 0.0136. The Kier molecular flexibility index (Phi) is 57.6. The van der Waals surface area contributed by atoms with Crippen LogP contribution in [0.25, 0.3) is 0 Å². The zero-order valence-corrected chi connectivity index (χ0v) is 75.7. The van der Waals surface area contributed by atoms with E-state index in [-0.39, 0.29) is 124 Å². The molecule has 0 bridgehead atoms. The first-order chi connectivity index (χ1) is 66.1. The van der Waals surface area contributed by atoms with Crippen molar-refractivity contribution in [3.05, 3.63) is 203 Å². The molecule has 12 amide bonds. The number of hydrogen-bond donors (Lipinski definition) is 21. The number of carbonyl (C=O) groups excluding carboxylic acids is 10. The molecule has 38 nitrogen and oxygen atoms in total. The number of carboxylic acid groups (broad SMARTS) is 4. The number of alkyl halides is 12. The van der Waals surface area contributed by atoms with Crippen LogP contribution in [0.15, 0.2) is 180 Å². The number of nitrogens with two attached hydrogens (primary N) is 3. The van der Waals surface area contributed by atoms with Crippen LogP contribution in [-0.2, 0) is 70.6 Å². The third-order valence-corrected chi connectivity index (χ3v) is 19.0. The van der Waals surface area contributed by atoms with Crippen LogP contribution in [0.4, 0.5) is 62.3 Å². The first kappa shape index (κ1) is 121. The smallest absolute Gasteiger partial charge is 0.490 e. The lowest BCUT2D eigenvalue weighted by Gasteiger charge is -2.23. The first-order valence-electron chi connectivity index (χ1n) is 43.4. The third-order valence-electron chi connectivity index (χ3n) is 19.0. The van der Waals surface area contributed by atoms with Crippen molar-refractivity contribution in [3.63, 3.8) is 0 Å². The molecule has 0 aromatic heterocycles. The number of benzene rings is 6. The van der Waals surface area contributed by atoms with E-state index >= 15 is 0 Å². The Morgan fingerprint density at radius 3 is 0.800 bits per heavy atom. The molecule has 24 N–H and O–H groups in total. The van der Waals surface area contributed by atoms with E-state index in [0.717, 1.165) is 59.1 Å². The van der Waals surface area contributed by atoms with Gasteiger partial charge < -0.3 is 112 Å². The highest BCUT2D eigenvalue weighted by molar-refractivity contribution is 5.95. The normalized spacial score (nSPS) is 11.7. The molecule has 0 unspecified atom stereocenters. The number of carboxylic acids is 4. The van der Waals surface area contributed by atoms with E-state index in [0.29, 0.717) is 104 Å². The van der Waals surface area contributed by atoms with E-state index in [1.54, 1.807) is 24.3 Å². The van der Waals surface area contributed by atoms with Crippen LogP contribution in [0.2, 0.25) is 0 Å². The van der Waals surface area contributed by atoms with Crippen LogP contribution in [0.1, 0.15) is 148 Å². The van der Waals surface area contributed by atoms with Gasteiger partial charge in [-0.3, -0.25) is 43.3 Å². The first-order valence-corrected chi connectivity index (χ1v) is 43.4. The number of aromatic hydroxyl groups is 2. The van der Waals surface area contributed by atoms with Crippen LogP contribution in [0, 0.1) is 0 Å². The highest BCUT2D eigenvalue weighted by atomic mass is 19.4. The Balaban J connectivity index is 0.00000205. The standard InChI is InChI=1S/C82H112N18O12.4C2HF3O2/c83-45-54-100(55-52-88-71(105)43-41-69(103)86-46-17-1-3-19-48-92-81(111)98-79(84)90-50-21-31-67(75(107)94-57-59-33-37-65(101)38-34-59)96-77(109)73(61-23-9-5-10-24-61)62-25-11-6-12-26-62)56-53-89-72(106)44-42-70(104)87-47-18-2-4-20-49-93-82(112)99-80(85)91-51-22-32-68(76(108)95-58-60-35-39-66(102)40-36-60)97-78(110)74(63-27-13-7-14-28-63)64-29-15-8-16-30-64;4*3-2(4,5)1(6)7/h5-16,23-30,33-40,67-68,73-74,101-102H,1-4,17-22,31-32,41-58,83H2,(H,86,103)(H,87,104)(H,88,105)(H,89,106)(H,94,107)(H,95,108)(H,96,109)(H,97,110)(H4,84,90,92,98,111)(H4,85,91,93,99,112);4*(H,6,7)/t67-,68-;;;;/m1..../s1. The highest BCUT2D eigenvalue weighted by Crippen LogP contribution is 2.28. The van der Waals surface area contributed by atoms with Gasteiger partial charge in [0.1, 0.15) is 23.6 Å². The number of urea groups is 2. The summed E-state index contributed by atoms with van der Waals surface area (Å²) in [5, 5.41) is 82.2. The third kappa shape index (κ3) is 56.6. The largest absolute Gasteiger partial charge is 0.508 e. The van der Waals surface area contributed by atoms with Gasteiger partial charge in [-0.1, -0.05) is 171 Å². The predicted molar refractivity (Wildman–Crippen MR) is 485 cm³/mol. The van der Waals surface area contributed by atoms with Crippen molar-refractivity contribution in [1.82, 2.24) is 68.7 Å². The molecule has 6 rings (SSSR count). The molecule has 0 radical (unpaired) electrons. The molecular weight excluding hydrogens is 1880 g/mol. The van der Waals surface area contributed by atoms with Crippen molar-refractivity contribution in [3.8, 4) is 11.5 Å². The van der Waals surface area contributed by atoms with Crippen molar-refractivity contribution in [2.45, 2.75) is 164 Å². The number of nitrogens with one attached hydrogen (secondary N) is 12. The zero-order chi connectivity index (χ0) is 105. The maximum atomic E-state index is 14.0. The fraction of sp³-hybridized carbons (Fsp3) is 0.422. The fourth-order valence-electron chi connectivity index (χ4n) is 12.0. The maximum absolute atomic E-state index is 14.0. The minimum Gasteiger partial charge on any atom is -0.508 e. The summed E-state index contributed by atoms with van der Waals surface area (Å²) in [4.78, 5) is 176. The number of unbranched alkanes of at least 4 members (excludes halogenated alkanes) is 6. The predicted octanol–water partition coefficient (Wildman–Crippen LogP) is 7.39. The summed E-state index contributed by atoms with van der Waals surface area (Å²) in [5.74, 6) is -14.9. The molecule has 6 aromatic rings. The lowest BCUT2D eigenvalue weighted by molar-refractivity contribution is -0.193. The second-order valence-electron chi connectivity index (χ2n) is 30.1. The Labute approximate surface area is 796 Å². The van der Waals surface area contributed by atoms with Crippen molar-refractivity contribution < 1.29 is 150 Å². The Morgan fingerprint density at radius 2 is 0.550 bits per heavy atom. The topological polar surface area (TPSA) is 611 Å². The van der Waals surface area contributed by atoms with Crippen molar-refractivity contribution in [2.24, 2.45) is 27.2 Å². The van der Waals surface area contributed by atoms with Gasteiger partial charge in [0.05, 0.1) is 11.8 Å². The molecule has 770 valence electrons. The van der Waals surface area contributed by atoms with Gasteiger partial charge in [-0.2, -0.15) is 62.7 Å². The second-order valence-corrected chi connectivity index (χ2v) is 30.1. The molecular formula is C90H116F12N18O20. The molecule has 140 heavy (non-hydrogen) atoms. The molecule has 50 heteroatoms. The molecule has 6 aromatic carbocycles. The van der Waals surface area contributed by atoms with Gasteiger partial charge in [0.25, 0.3) is 0 Å². The Morgan fingerprint density at radius 1 is 0.307 bits per heavy atom. The average molecular weight is 2000 g/mol. The van der Waals surface area contributed by atoms with Gasteiger partial charge >= 0.3 is 60.6 Å². The van der Waals surface area contributed by atoms with Gasteiger partial charge in [-0.25, -0.2) is 28.8 Å². The molecule has 0 saturated carbocycles. The summed E-state index contributed by atoms with van der Waals surface area (Å²) in [6.07, 6.45) is -13.1. The van der Waals surface area contributed by atoms with E-state index in [1.165, 1.54) is 24.3 Å². The summed E-state index contributed by atoms with van der Waals surface area (Å²) in [5.41, 5.74) is 22.5. The number of carbonyl (C=O) groups is 14. The number of hydrogen-bond acceptors (Lipinski definition) is 18. The highest BCUT2D eigenvalue weighted by Gasteiger charge is 2.41.